The van der Waals surface area contributed by atoms with Gasteiger partial charge < -0.3 is 10.6 Å². The fourth-order valence-corrected chi connectivity index (χ4v) is 3.01. The van der Waals surface area contributed by atoms with Crippen LogP contribution in [0.2, 0.25) is 0 Å². The quantitative estimate of drug-likeness (QED) is 0.770. The van der Waals surface area contributed by atoms with Crippen LogP contribution in [0.25, 0.3) is 0 Å². The van der Waals surface area contributed by atoms with Crippen molar-refractivity contribution in [2.24, 2.45) is 5.41 Å². The van der Waals surface area contributed by atoms with E-state index in [0.29, 0.717) is 5.41 Å². The standard InChI is InChI=1S/C14H28N2/c1-14(2)8-6-12(7-9-14)16-11-13-5-3-4-10-15-13/h12-13,15-16H,3-11H2,1-2H3. The second-order valence-electron chi connectivity index (χ2n) is 6.49. The summed E-state index contributed by atoms with van der Waals surface area (Å²) in [5.74, 6) is 0. The van der Waals surface area contributed by atoms with E-state index in [-0.39, 0.29) is 0 Å². The molecular weight excluding hydrogens is 196 g/mol. The highest BCUT2D eigenvalue weighted by Crippen LogP contribution is 2.34. The lowest BCUT2D eigenvalue weighted by molar-refractivity contribution is 0.202. The summed E-state index contributed by atoms with van der Waals surface area (Å²) in [6.07, 6.45) is 9.68. The molecule has 1 aliphatic carbocycles. The van der Waals surface area contributed by atoms with Crippen LogP contribution in [-0.4, -0.2) is 25.2 Å². The summed E-state index contributed by atoms with van der Waals surface area (Å²) in [5, 5.41) is 7.38. The summed E-state index contributed by atoms with van der Waals surface area (Å²) in [6, 6.07) is 1.53. The predicted octanol–water partition coefficient (Wildman–Crippen LogP) is 2.69. The molecule has 0 bridgehead atoms. The molecule has 0 spiro atoms. The Balaban J connectivity index is 1.63. The van der Waals surface area contributed by atoms with E-state index in [0.717, 1.165) is 12.1 Å². The van der Waals surface area contributed by atoms with Gasteiger partial charge in [0.25, 0.3) is 0 Å². The minimum Gasteiger partial charge on any atom is -0.313 e. The lowest BCUT2D eigenvalue weighted by Gasteiger charge is -2.35. The molecule has 1 saturated heterocycles. The van der Waals surface area contributed by atoms with Crippen molar-refractivity contribution in [2.75, 3.05) is 13.1 Å². The number of hydrogen-bond acceptors (Lipinski definition) is 2. The van der Waals surface area contributed by atoms with Crippen molar-refractivity contribution in [3.8, 4) is 0 Å². The lowest BCUT2D eigenvalue weighted by Crippen LogP contribution is -2.46. The molecule has 0 aromatic heterocycles. The first-order chi connectivity index (χ1) is 7.66. The minimum absolute atomic E-state index is 0.598. The van der Waals surface area contributed by atoms with Gasteiger partial charge in [-0.15, -0.1) is 0 Å². The Labute approximate surface area is 101 Å². The van der Waals surface area contributed by atoms with Gasteiger partial charge in [0.2, 0.25) is 0 Å². The highest BCUT2D eigenvalue weighted by Gasteiger charge is 2.26. The van der Waals surface area contributed by atoms with E-state index in [2.05, 4.69) is 24.5 Å². The molecule has 1 aliphatic heterocycles. The fourth-order valence-electron chi connectivity index (χ4n) is 3.01. The van der Waals surface area contributed by atoms with E-state index in [1.165, 1.54) is 58.0 Å². The summed E-state index contributed by atoms with van der Waals surface area (Å²) in [6.45, 7) is 7.23. The van der Waals surface area contributed by atoms with Gasteiger partial charge in [0, 0.05) is 18.6 Å². The number of piperidine rings is 1. The molecular formula is C14H28N2. The van der Waals surface area contributed by atoms with E-state index in [4.69, 9.17) is 0 Å². The molecule has 2 N–H and O–H groups in total. The molecule has 2 heteroatoms. The van der Waals surface area contributed by atoms with Gasteiger partial charge in [-0.05, 0) is 50.5 Å². The zero-order valence-electron chi connectivity index (χ0n) is 11.0. The maximum Gasteiger partial charge on any atom is 0.0192 e. The first-order valence-electron chi connectivity index (χ1n) is 7.12. The van der Waals surface area contributed by atoms with Crippen LogP contribution in [0.3, 0.4) is 0 Å². The molecule has 2 rings (SSSR count). The summed E-state index contributed by atoms with van der Waals surface area (Å²) < 4.78 is 0. The molecule has 0 aromatic rings. The van der Waals surface area contributed by atoms with Crippen molar-refractivity contribution in [1.82, 2.24) is 10.6 Å². The molecule has 1 saturated carbocycles. The Bertz CT molecular complexity index is 197. The van der Waals surface area contributed by atoms with Gasteiger partial charge in [-0.2, -0.15) is 0 Å². The van der Waals surface area contributed by atoms with Gasteiger partial charge in [-0.25, -0.2) is 0 Å². The van der Waals surface area contributed by atoms with Crippen LogP contribution >= 0.6 is 0 Å². The van der Waals surface area contributed by atoms with Gasteiger partial charge >= 0.3 is 0 Å². The van der Waals surface area contributed by atoms with Crippen LogP contribution in [-0.2, 0) is 0 Å². The van der Waals surface area contributed by atoms with Crippen molar-refractivity contribution in [1.29, 1.82) is 0 Å². The largest absolute Gasteiger partial charge is 0.313 e. The predicted molar refractivity (Wildman–Crippen MR) is 69.7 cm³/mol. The zero-order valence-corrected chi connectivity index (χ0v) is 11.0. The Morgan fingerprint density at radius 3 is 2.50 bits per heavy atom. The zero-order chi connectivity index (χ0) is 11.4. The van der Waals surface area contributed by atoms with Crippen molar-refractivity contribution < 1.29 is 0 Å². The Hall–Kier alpha value is -0.0800. The van der Waals surface area contributed by atoms with Crippen molar-refractivity contribution in [3.05, 3.63) is 0 Å². The highest BCUT2D eigenvalue weighted by atomic mass is 15.0. The second kappa shape index (κ2) is 5.50. The molecule has 1 heterocycles. The maximum atomic E-state index is 3.77. The molecule has 0 radical (unpaired) electrons. The Morgan fingerprint density at radius 1 is 1.12 bits per heavy atom. The van der Waals surface area contributed by atoms with Gasteiger partial charge in [0.1, 0.15) is 0 Å². The van der Waals surface area contributed by atoms with E-state index in [9.17, 15) is 0 Å². The number of hydrogen-bond donors (Lipinski definition) is 2. The van der Waals surface area contributed by atoms with Gasteiger partial charge in [-0.1, -0.05) is 20.3 Å². The first kappa shape index (κ1) is 12.4. The summed E-state index contributed by atoms with van der Waals surface area (Å²) >= 11 is 0. The monoisotopic (exact) mass is 224 g/mol. The molecule has 1 unspecified atom stereocenters. The Morgan fingerprint density at radius 2 is 1.88 bits per heavy atom. The lowest BCUT2D eigenvalue weighted by atomic mass is 9.75. The van der Waals surface area contributed by atoms with Crippen LogP contribution in [0.15, 0.2) is 0 Å². The van der Waals surface area contributed by atoms with Crippen molar-refractivity contribution >= 4 is 0 Å². The van der Waals surface area contributed by atoms with E-state index < -0.39 is 0 Å². The molecule has 2 fully saturated rings. The average Bonchev–Trinajstić information content (AvgIpc) is 2.29. The third-order valence-electron chi connectivity index (χ3n) is 4.40. The summed E-state index contributed by atoms with van der Waals surface area (Å²) in [4.78, 5) is 0. The summed E-state index contributed by atoms with van der Waals surface area (Å²) in [7, 11) is 0. The van der Waals surface area contributed by atoms with Gasteiger partial charge in [0.05, 0.1) is 0 Å². The van der Waals surface area contributed by atoms with Crippen LogP contribution in [0.1, 0.15) is 58.8 Å². The topological polar surface area (TPSA) is 24.1 Å². The van der Waals surface area contributed by atoms with E-state index in [1.807, 2.05) is 0 Å². The van der Waals surface area contributed by atoms with Crippen LogP contribution in [0, 0.1) is 5.41 Å². The first-order valence-corrected chi connectivity index (χ1v) is 7.12. The fraction of sp³-hybridized carbons (Fsp3) is 1.00. The molecule has 1 atom stereocenters. The molecule has 94 valence electrons. The smallest absolute Gasteiger partial charge is 0.0192 e. The minimum atomic E-state index is 0.598. The van der Waals surface area contributed by atoms with Crippen LogP contribution in [0.4, 0.5) is 0 Å². The number of rotatable bonds is 3. The van der Waals surface area contributed by atoms with E-state index in [1.54, 1.807) is 0 Å². The molecule has 2 aliphatic rings. The molecule has 2 nitrogen and oxygen atoms in total. The van der Waals surface area contributed by atoms with Crippen LogP contribution < -0.4 is 10.6 Å². The molecule has 0 aromatic carbocycles. The average molecular weight is 224 g/mol. The van der Waals surface area contributed by atoms with Crippen molar-refractivity contribution in [3.63, 3.8) is 0 Å². The summed E-state index contributed by atoms with van der Waals surface area (Å²) in [5.41, 5.74) is 0.598. The maximum absolute atomic E-state index is 3.77. The van der Waals surface area contributed by atoms with Crippen molar-refractivity contribution in [2.45, 2.75) is 70.9 Å². The second-order valence-corrected chi connectivity index (χ2v) is 6.49. The third-order valence-corrected chi connectivity index (χ3v) is 4.40. The highest BCUT2D eigenvalue weighted by molar-refractivity contribution is 4.84. The van der Waals surface area contributed by atoms with Crippen LogP contribution in [0.5, 0.6) is 0 Å². The molecule has 16 heavy (non-hydrogen) atoms. The normalized spacial score (nSPS) is 31.5. The number of nitrogens with one attached hydrogen (secondary N) is 2. The third kappa shape index (κ3) is 3.74. The Kier molecular flexibility index (Phi) is 4.26. The van der Waals surface area contributed by atoms with Gasteiger partial charge in [-0.3, -0.25) is 0 Å². The SMILES string of the molecule is CC1(C)CCC(NCC2CCCCN2)CC1. The molecule has 0 amide bonds. The van der Waals surface area contributed by atoms with Gasteiger partial charge in [0.15, 0.2) is 0 Å². The van der Waals surface area contributed by atoms with E-state index >= 15 is 0 Å².